The third-order valence-electron chi connectivity index (χ3n) is 5.70. The van der Waals surface area contributed by atoms with E-state index in [9.17, 15) is 0 Å². The highest BCUT2D eigenvalue weighted by molar-refractivity contribution is 6.31. The first-order valence-corrected chi connectivity index (χ1v) is 10.8. The number of hydrogen-bond acceptors (Lipinski definition) is 1. The lowest BCUT2D eigenvalue weighted by Crippen LogP contribution is -2.02. The Bertz CT molecular complexity index is 1170. The zero-order valence-electron chi connectivity index (χ0n) is 18.1. The minimum Gasteiger partial charge on any atom is -0.497 e. The van der Waals surface area contributed by atoms with Crippen molar-refractivity contribution in [3.63, 3.8) is 0 Å². The molecule has 30 heavy (non-hydrogen) atoms. The van der Waals surface area contributed by atoms with Crippen LogP contribution in [-0.4, -0.2) is 11.7 Å². The van der Waals surface area contributed by atoms with E-state index in [2.05, 4.69) is 67.8 Å². The third kappa shape index (κ3) is 3.97. The number of aromatic nitrogens is 1. The summed E-state index contributed by atoms with van der Waals surface area (Å²) in [5.74, 6) is 1.52. The summed E-state index contributed by atoms with van der Waals surface area (Å²) < 4.78 is 7.89. The SMILES string of the molecule is COc1ccc2c(c1)c(-c1ccc(CC(C)C)cc1)c(C)n2Cc1ccccc1Cl. The van der Waals surface area contributed by atoms with E-state index >= 15 is 0 Å². The molecule has 154 valence electrons. The van der Waals surface area contributed by atoms with Crippen LogP contribution < -0.4 is 4.74 Å². The average molecular weight is 418 g/mol. The van der Waals surface area contributed by atoms with E-state index in [4.69, 9.17) is 16.3 Å². The monoisotopic (exact) mass is 417 g/mol. The van der Waals surface area contributed by atoms with Crippen LogP contribution in [0.1, 0.15) is 30.7 Å². The van der Waals surface area contributed by atoms with Gasteiger partial charge in [-0.3, -0.25) is 0 Å². The molecule has 0 aliphatic rings. The van der Waals surface area contributed by atoms with Crippen molar-refractivity contribution in [3.05, 3.63) is 88.6 Å². The second-order valence-corrected chi connectivity index (χ2v) is 8.72. The summed E-state index contributed by atoms with van der Waals surface area (Å²) >= 11 is 6.47. The number of hydrogen-bond donors (Lipinski definition) is 0. The van der Waals surface area contributed by atoms with Gasteiger partial charge in [0.05, 0.1) is 7.11 Å². The van der Waals surface area contributed by atoms with E-state index in [1.807, 2.05) is 24.3 Å². The van der Waals surface area contributed by atoms with Gasteiger partial charge in [-0.1, -0.05) is 67.9 Å². The van der Waals surface area contributed by atoms with Crippen molar-refractivity contribution in [2.45, 2.75) is 33.7 Å². The van der Waals surface area contributed by atoms with Gasteiger partial charge in [0.1, 0.15) is 5.75 Å². The molecule has 0 spiro atoms. The molecule has 0 bridgehead atoms. The number of nitrogens with zero attached hydrogens (tertiary/aromatic N) is 1. The standard InChI is InChI=1S/C27H28ClNO/c1-18(2)15-20-9-11-21(12-10-20)27-19(3)29(17-22-7-5-6-8-25(22)28)26-14-13-23(30-4)16-24(26)27/h5-14,16,18H,15,17H2,1-4H3. The Morgan fingerprint density at radius 3 is 2.37 bits per heavy atom. The summed E-state index contributed by atoms with van der Waals surface area (Å²) in [6.45, 7) is 7.44. The van der Waals surface area contributed by atoms with E-state index in [0.29, 0.717) is 5.92 Å². The van der Waals surface area contributed by atoms with Crippen LogP contribution in [0.4, 0.5) is 0 Å². The molecule has 0 aliphatic carbocycles. The van der Waals surface area contributed by atoms with Crippen LogP contribution in [0.5, 0.6) is 5.75 Å². The minimum absolute atomic E-state index is 0.652. The number of benzene rings is 3. The Labute approximate surface area is 184 Å². The molecule has 0 N–H and O–H groups in total. The molecular formula is C27H28ClNO. The van der Waals surface area contributed by atoms with Crippen molar-refractivity contribution in [1.29, 1.82) is 0 Å². The van der Waals surface area contributed by atoms with Crippen molar-refractivity contribution in [2.75, 3.05) is 7.11 Å². The topological polar surface area (TPSA) is 14.2 Å². The first-order valence-electron chi connectivity index (χ1n) is 10.5. The van der Waals surface area contributed by atoms with Crippen molar-refractivity contribution < 1.29 is 4.74 Å². The molecule has 0 amide bonds. The minimum atomic E-state index is 0.652. The summed E-state index contributed by atoms with van der Waals surface area (Å²) in [6.07, 6.45) is 1.10. The van der Waals surface area contributed by atoms with Gasteiger partial charge < -0.3 is 9.30 Å². The van der Waals surface area contributed by atoms with Gasteiger partial charge in [0.15, 0.2) is 0 Å². The predicted molar refractivity (Wildman–Crippen MR) is 128 cm³/mol. The highest BCUT2D eigenvalue weighted by Crippen LogP contribution is 2.37. The number of halogens is 1. The maximum Gasteiger partial charge on any atom is 0.119 e. The number of methoxy groups -OCH3 is 1. The first-order chi connectivity index (χ1) is 14.5. The van der Waals surface area contributed by atoms with E-state index in [1.54, 1.807) is 7.11 Å². The number of ether oxygens (including phenoxy) is 1. The van der Waals surface area contributed by atoms with Crippen LogP contribution in [0.15, 0.2) is 66.7 Å². The summed E-state index contributed by atoms with van der Waals surface area (Å²) in [4.78, 5) is 0. The molecule has 3 heteroatoms. The van der Waals surface area contributed by atoms with Crippen LogP contribution >= 0.6 is 11.6 Å². The lowest BCUT2D eigenvalue weighted by Gasteiger charge is -2.11. The van der Waals surface area contributed by atoms with E-state index in [0.717, 1.165) is 29.3 Å². The molecule has 2 nitrogen and oxygen atoms in total. The second-order valence-electron chi connectivity index (χ2n) is 8.32. The summed E-state index contributed by atoms with van der Waals surface area (Å²) in [6, 6.07) is 23.4. The Morgan fingerprint density at radius 1 is 0.967 bits per heavy atom. The van der Waals surface area contributed by atoms with Crippen molar-refractivity contribution in [1.82, 2.24) is 4.57 Å². The van der Waals surface area contributed by atoms with Crippen molar-refractivity contribution in [3.8, 4) is 16.9 Å². The largest absolute Gasteiger partial charge is 0.497 e. The zero-order valence-corrected chi connectivity index (χ0v) is 18.8. The van der Waals surface area contributed by atoms with Gasteiger partial charge in [-0.25, -0.2) is 0 Å². The van der Waals surface area contributed by atoms with Gasteiger partial charge in [-0.15, -0.1) is 0 Å². The third-order valence-corrected chi connectivity index (χ3v) is 6.07. The Morgan fingerprint density at radius 2 is 1.70 bits per heavy atom. The van der Waals surface area contributed by atoms with Crippen molar-refractivity contribution >= 4 is 22.5 Å². The summed E-state index contributed by atoms with van der Waals surface area (Å²) in [5.41, 5.74) is 7.41. The molecule has 4 rings (SSSR count). The fourth-order valence-corrected chi connectivity index (χ4v) is 4.43. The van der Waals surface area contributed by atoms with E-state index < -0.39 is 0 Å². The molecule has 0 fully saturated rings. The Hall–Kier alpha value is -2.71. The molecule has 0 atom stereocenters. The molecule has 0 radical (unpaired) electrons. The van der Waals surface area contributed by atoms with E-state index in [1.165, 1.54) is 33.3 Å². The maximum atomic E-state index is 6.47. The fraction of sp³-hybridized carbons (Fsp3) is 0.259. The van der Waals surface area contributed by atoms with Crippen LogP contribution in [0, 0.1) is 12.8 Å². The molecule has 1 aromatic heterocycles. The number of fused-ring (bicyclic) bond motifs is 1. The van der Waals surface area contributed by atoms with Crippen molar-refractivity contribution in [2.24, 2.45) is 5.92 Å². The molecule has 3 aromatic carbocycles. The van der Waals surface area contributed by atoms with Gasteiger partial charge in [0.2, 0.25) is 0 Å². The summed E-state index contributed by atoms with van der Waals surface area (Å²) in [5, 5.41) is 2.00. The molecule has 0 saturated carbocycles. The summed E-state index contributed by atoms with van der Waals surface area (Å²) in [7, 11) is 1.72. The van der Waals surface area contributed by atoms with Crippen LogP contribution in [0.3, 0.4) is 0 Å². The van der Waals surface area contributed by atoms with Crippen LogP contribution in [0.2, 0.25) is 5.02 Å². The lowest BCUT2D eigenvalue weighted by molar-refractivity contribution is 0.415. The van der Waals surface area contributed by atoms with Gasteiger partial charge in [-0.2, -0.15) is 0 Å². The molecule has 1 heterocycles. The normalized spacial score (nSPS) is 11.4. The fourth-order valence-electron chi connectivity index (χ4n) is 4.23. The Balaban J connectivity index is 1.86. The van der Waals surface area contributed by atoms with Crippen LogP contribution in [0.25, 0.3) is 22.0 Å². The molecule has 0 saturated heterocycles. The highest BCUT2D eigenvalue weighted by atomic mass is 35.5. The molecule has 0 unspecified atom stereocenters. The molecular weight excluding hydrogens is 390 g/mol. The van der Waals surface area contributed by atoms with Gasteiger partial charge in [-0.05, 0) is 60.2 Å². The predicted octanol–water partition coefficient (Wildman–Crippen LogP) is 7.53. The Kier molecular flexibility index (Phi) is 5.87. The average Bonchev–Trinajstić information content (AvgIpc) is 3.00. The molecule has 0 aliphatic heterocycles. The van der Waals surface area contributed by atoms with Crippen LogP contribution in [-0.2, 0) is 13.0 Å². The number of rotatable bonds is 6. The maximum absolute atomic E-state index is 6.47. The van der Waals surface area contributed by atoms with Gasteiger partial charge >= 0.3 is 0 Å². The lowest BCUT2D eigenvalue weighted by atomic mass is 9.97. The first kappa shape index (κ1) is 20.6. The van der Waals surface area contributed by atoms with Gasteiger partial charge in [0, 0.05) is 33.7 Å². The highest BCUT2D eigenvalue weighted by Gasteiger charge is 2.17. The zero-order chi connectivity index (χ0) is 21.3. The van der Waals surface area contributed by atoms with Gasteiger partial charge in [0.25, 0.3) is 0 Å². The van der Waals surface area contributed by atoms with E-state index in [-0.39, 0.29) is 0 Å². The second kappa shape index (κ2) is 8.57. The quantitative estimate of drug-likeness (QED) is 0.316. The molecule has 4 aromatic rings. The smallest absolute Gasteiger partial charge is 0.119 e.